The lowest BCUT2D eigenvalue weighted by molar-refractivity contribution is 0.673. The molecule has 4 aromatic heterocycles. The van der Waals surface area contributed by atoms with Gasteiger partial charge in [-0.3, -0.25) is 0 Å². The normalized spacial score (nSPS) is 11.9. The minimum Gasteiger partial charge on any atom is -0.455 e. The summed E-state index contributed by atoms with van der Waals surface area (Å²) in [5, 5.41) is 7.11. The molecule has 0 saturated carbocycles. The number of hydrogen-bond donors (Lipinski definition) is 0. The van der Waals surface area contributed by atoms with Gasteiger partial charge in [0.05, 0.1) is 15.7 Å². The van der Waals surface area contributed by atoms with Gasteiger partial charge in [0.2, 0.25) is 0 Å². The van der Waals surface area contributed by atoms with Crippen molar-refractivity contribution in [1.82, 2.24) is 19.5 Å². The molecule has 0 fully saturated rings. The van der Waals surface area contributed by atoms with Gasteiger partial charge in [0.25, 0.3) is 0 Å². The zero-order valence-electron chi connectivity index (χ0n) is 27.1. The lowest BCUT2D eigenvalue weighted by Gasteiger charge is -2.08. The minimum atomic E-state index is 0.606. The first-order valence-corrected chi connectivity index (χ1v) is 17.8. The van der Waals surface area contributed by atoms with E-state index in [1.807, 2.05) is 60.7 Å². The molecule has 11 aromatic rings. The van der Waals surface area contributed by atoms with E-state index in [1.54, 1.807) is 11.3 Å². The van der Waals surface area contributed by atoms with Crippen molar-refractivity contribution in [3.05, 3.63) is 158 Å². The highest BCUT2D eigenvalue weighted by molar-refractivity contribution is 7.26. The molecule has 0 spiro atoms. The monoisotopic (exact) mass is 670 g/mol. The molecule has 4 heterocycles. The topological polar surface area (TPSA) is 56.7 Å². The van der Waals surface area contributed by atoms with Gasteiger partial charge in [0.15, 0.2) is 23.1 Å². The van der Waals surface area contributed by atoms with Crippen molar-refractivity contribution in [2.45, 2.75) is 0 Å². The van der Waals surface area contributed by atoms with Gasteiger partial charge in [0, 0.05) is 59.4 Å². The van der Waals surface area contributed by atoms with Crippen LogP contribution in [0.25, 0.3) is 104 Å². The van der Waals surface area contributed by atoms with Gasteiger partial charge in [-0.15, -0.1) is 11.3 Å². The Kier molecular flexibility index (Phi) is 6.05. The quantitative estimate of drug-likeness (QED) is 0.187. The van der Waals surface area contributed by atoms with Crippen LogP contribution in [0.5, 0.6) is 0 Å². The van der Waals surface area contributed by atoms with Crippen molar-refractivity contribution in [1.29, 1.82) is 0 Å². The molecule has 5 nitrogen and oxygen atoms in total. The average molecular weight is 671 g/mol. The average Bonchev–Trinajstić information content (AvgIpc) is 3.87. The van der Waals surface area contributed by atoms with Crippen molar-refractivity contribution in [3.8, 4) is 39.9 Å². The van der Waals surface area contributed by atoms with Crippen LogP contribution < -0.4 is 0 Å². The Labute approximate surface area is 295 Å². The Bertz CT molecular complexity index is 3030. The molecule has 0 aliphatic rings. The molecule has 51 heavy (non-hydrogen) atoms. The lowest BCUT2D eigenvalue weighted by Crippen LogP contribution is -2.00. The van der Waals surface area contributed by atoms with Crippen LogP contribution in [0, 0.1) is 0 Å². The number of benzene rings is 7. The molecule has 0 unspecified atom stereocenters. The lowest BCUT2D eigenvalue weighted by atomic mass is 10.1. The molecule has 0 aliphatic heterocycles. The van der Waals surface area contributed by atoms with Gasteiger partial charge < -0.3 is 8.98 Å². The van der Waals surface area contributed by atoms with Crippen LogP contribution in [0.3, 0.4) is 0 Å². The SMILES string of the molecule is c1ccc(-c2nc(-c3ccccc3)nc(-c3ccc4c(c3)oc3c4ccc4c5cc(-n6c7ccccc7c7ccccc76)ccc5sc43)n2)cc1. The zero-order valence-corrected chi connectivity index (χ0v) is 27.9. The van der Waals surface area contributed by atoms with E-state index in [1.165, 1.54) is 37.3 Å². The second-order valence-electron chi connectivity index (χ2n) is 12.8. The molecule has 0 aliphatic carbocycles. The summed E-state index contributed by atoms with van der Waals surface area (Å²) in [5.41, 5.74) is 8.04. The van der Waals surface area contributed by atoms with Gasteiger partial charge in [-0.25, -0.2) is 15.0 Å². The van der Waals surface area contributed by atoms with E-state index in [4.69, 9.17) is 19.4 Å². The first-order chi connectivity index (χ1) is 25.3. The number of fused-ring (bicyclic) bond motifs is 10. The Balaban J connectivity index is 1.07. The standard InChI is InChI=1S/C45H26N4OS/c1-3-11-27(12-4-1)43-46-44(28-13-5-2-6-14-28)48-45(47-43)29-19-21-33-34-22-23-35-36-26-30(20-24-40(36)51-42(35)41(34)50-39(33)25-29)49-37-17-9-7-15-31(37)32-16-8-10-18-38(32)49/h1-26H. The van der Waals surface area contributed by atoms with Crippen LogP contribution >= 0.6 is 11.3 Å². The third-order valence-electron chi connectivity index (χ3n) is 9.86. The predicted octanol–water partition coefficient (Wildman–Crippen LogP) is 12.2. The molecule has 0 radical (unpaired) electrons. The molecule has 7 aromatic carbocycles. The van der Waals surface area contributed by atoms with E-state index in [9.17, 15) is 0 Å². The Morgan fingerprint density at radius 2 is 1.00 bits per heavy atom. The summed E-state index contributed by atoms with van der Waals surface area (Å²) >= 11 is 1.78. The van der Waals surface area contributed by atoms with Crippen LogP contribution in [-0.4, -0.2) is 19.5 Å². The number of hydrogen-bond acceptors (Lipinski definition) is 5. The van der Waals surface area contributed by atoms with Gasteiger partial charge in [-0.1, -0.05) is 109 Å². The fourth-order valence-electron chi connectivity index (χ4n) is 7.47. The summed E-state index contributed by atoms with van der Waals surface area (Å²) < 4.78 is 11.5. The van der Waals surface area contributed by atoms with Crippen molar-refractivity contribution < 1.29 is 4.42 Å². The third-order valence-corrected chi connectivity index (χ3v) is 11.0. The second kappa shape index (κ2) is 10.9. The van der Waals surface area contributed by atoms with Gasteiger partial charge >= 0.3 is 0 Å². The molecular formula is C45H26N4OS. The zero-order chi connectivity index (χ0) is 33.5. The van der Waals surface area contributed by atoms with E-state index in [0.717, 1.165) is 49.0 Å². The minimum absolute atomic E-state index is 0.606. The highest BCUT2D eigenvalue weighted by atomic mass is 32.1. The van der Waals surface area contributed by atoms with Crippen LogP contribution in [0.1, 0.15) is 0 Å². The first-order valence-electron chi connectivity index (χ1n) is 16.9. The molecule has 238 valence electrons. The highest BCUT2D eigenvalue weighted by Gasteiger charge is 2.19. The molecule has 0 N–H and O–H groups in total. The van der Waals surface area contributed by atoms with Crippen molar-refractivity contribution >= 4 is 75.3 Å². The van der Waals surface area contributed by atoms with Gasteiger partial charge in [-0.05, 0) is 48.5 Å². The smallest absolute Gasteiger partial charge is 0.164 e. The summed E-state index contributed by atoms with van der Waals surface area (Å²) in [6, 6.07) is 54.9. The third kappa shape index (κ3) is 4.37. The largest absolute Gasteiger partial charge is 0.455 e. The van der Waals surface area contributed by atoms with Crippen molar-refractivity contribution in [3.63, 3.8) is 0 Å². The van der Waals surface area contributed by atoms with Crippen LogP contribution in [-0.2, 0) is 0 Å². The second-order valence-corrected chi connectivity index (χ2v) is 13.9. The molecule has 6 heteroatoms. The molecule has 0 atom stereocenters. The molecular weight excluding hydrogens is 645 g/mol. The van der Waals surface area contributed by atoms with Crippen LogP contribution in [0.15, 0.2) is 162 Å². The summed E-state index contributed by atoms with van der Waals surface area (Å²) in [6.45, 7) is 0. The molecule has 0 amide bonds. The summed E-state index contributed by atoms with van der Waals surface area (Å²) in [5.74, 6) is 1.88. The van der Waals surface area contributed by atoms with Gasteiger partial charge in [-0.2, -0.15) is 0 Å². The van der Waals surface area contributed by atoms with Crippen LogP contribution in [0.2, 0.25) is 0 Å². The summed E-state index contributed by atoms with van der Waals surface area (Å²) in [6.07, 6.45) is 0. The molecule has 0 bridgehead atoms. The maximum absolute atomic E-state index is 6.74. The predicted molar refractivity (Wildman–Crippen MR) is 211 cm³/mol. The fourth-order valence-corrected chi connectivity index (χ4v) is 8.64. The van der Waals surface area contributed by atoms with Crippen molar-refractivity contribution in [2.75, 3.05) is 0 Å². The maximum atomic E-state index is 6.74. The van der Waals surface area contributed by atoms with E-state index >= 15 is 0 Å². The Morgan fingerprint density at radius 3 is 1.67 bits per heavy atom. The van der Waals surface area contributed by atoms with E-state index < -0.39 is 0 Å². The highest BCUT2D eigenvalue weighted by Crippen LogP contribution is 2.43. The van der Waals surface area contributed by atoms with Crippen LogP contribution in [0.4, 0.5) is 0 Å². The fraction of sp³-hybridized carbons (Fsp3) is 0. The number of thiophene rings is 1. The van der Waals surface area contributed by atoms with E-state index in [0.29, 0.717) is 17.5 Å². The van der Waals surface area contributed by atoms with Crippen molar-refractivity contribution in [2.24, 2.45) is 0 Å². The number of para-hydroxylation sites is 2. The maximum Gasteiger partial charge on any atom is 0.164 e. The van der Waals surface area contributed by atoms with E-state index in [-0.39, 0.29) is 0 Å². The number of furan rings is 1. The first kappa shape index (κ1) is 28.2. The van der Waals surface area contributed by atoms with E-state index in [2.05, 4.69) is 102 Å². The van der Waals surface area contributed by atoms with Gasteiger partial charge in [0.1, 0.15) is 5.58 Å². The number of aromatic nitrogens is 4. The molecule has 0 saturated heterocycles. The number of rotatable bonds is 4. The number of nitrogens with zero attached hydrogens (tertiary/aromatic N) is 4. The molecule has 11 rings (SSSR count). The summed E-state index contributed by atoms with van der Waals surface area (Å²) in [4.78, 5) is 14.7. The Morgan fingerprint density at radius 1 is 0.431 bits per heavy atom. The summed E-state index contributed by atoms with van der Waals surface area (Å²) in [7, 11) is 0. The Hall–Kier alpha value is -6.63.